The SMILES string of the molecule is Cc1ccccc1C(O)CN1CCC(C(C)C)CC1. The van der Waals surface area contributed by atoms with E-state index < -0.39 is 0 Å². The van der Waals surface area contributed by atoms with Gasteiger partial charge in [-0.05, 0) is 55.8 Å². The maximum Gasteiger partial charge on any atom is 0.0919 e. The van der Waals surface area contributed by atoms with Crippen molar-refractivity contribution in [2.45, 2.75) is 39.7 Å². The molecule has 0 bridgehead atoms. The van der Waals surface area contributed by atoms with Gasteiger partial charge < -0.3 is 10.0 Å². The lowest BCUT2D eigenvalue weighted by molar-refractivity contribution is 0.0815. The molecule has 1 N–H and O–H groups in total. The summed E-state index contributed by atoms with van der Waals surface area (Å²) in [5.74, 6) is 1.66. The standard InChI is InChI=1S/C17H27NO/c1-13(2)15-8-10-18(11-9-15)12-17(19)16-7-5-4-6-14(16)3/h4-7,13,15,17,19H,8-12H2,1-3H3. The fourth-order valence-electron chi connectivity index (χ4n) is 3.11. The van der Waals surface area contributed by atoms with Crippen LogP contribution in [0.5, 0.6) is 0 Å². The van der Waals surface area contributed by atoms with E-state index in [2.05, 4.69) is 31.7 Å². The van der Waals surface area contributed by atoms with Gasteiger partial charge in [0, 0.05) is 6.54 Å². The van der Waals surface area contributed by atoms with Crippen molar-refractivity contribution in [1.29, 1.82) is 0 Å². The van der Waals surface area contributed by atoms with E-state index in [0.717, 1.165) is 37.0 Å². The van der Waals surface area contributed by atoms with Gasteiger partial charge in [-0.2, -0.15) is 0 Å². The zero-order valence-electron chi connectivity index (χ0n) is 12.5. The fourth-order valence-corrected chi connectivity index (χ4v) is 3.11. The minimum absolute atomic E-state index is 0.350. The van der Waals surface area contributed by atoms with Crippen LogP contribution in [0.4, 0.5) is 0 Å². The van der Waals surface area contributed by atoms with Crippen molar-refractivity contribution in [1.82, 2.24) is 4.90 Å². The summed E-state index contributed by atoms with van der Waals surface area (Å²) in [4.78, 5) is 2.41. The third-order valence-electron chi connectivity index (χ3n) is 4.55. The highest BCUT2D eigenvalue weighted by Crippen LogP contribution is 2.26. The van der Waals surface area contributed by atoms with Crippen LogP contribution in [0.2, 0.25) is 0 Å². The van der Waals surface area contributed by atoms with Gasteiger partial charge in [-0.3, -0.25) is 0 Å². The molecule has 19 heavy (non-hydrogen) atoms. The highest BCUT2D eigenvalue weighted by atomic mass is 16.3. The summed E-state index contributed by atoms with van der Waals surface area (Å²) < 4.78 is 0. The molecule has 0 aromatic heterocycles. The Bertz CT molecular complexity index is 394. The largest absolute Gasteiger partial charge is 0.387 e. The van der Waals surface area contributed by atoms with E-state index in [1.54, 1.807) is 0 Å². The summed E-state index contributed by atoms with van der Waals surface area (Å²) in [7, 11) is 0. The van der Waals surface area contributed by atoms with Gasteiger partial charge in [0.2, 0.25) is 0 Å². The molecule has 1 unspecified atom stereocenters. The van der Waals surface area contributed by atoms with E-state index in [-0.39, 0.29) is 6.10 Å². The first-order valence-corrected chi connectivity index (χ1v) is 7.54. The third kappa shape index (κ3) is 3.80. The van der Waals surface area contributed by atoms with E-state index in [4.69, 9.17) is 0 Å². The van der Waals surface area contributed by atoms with Gasteiger partial charge in [-0.25, -0.2) is 0 Å². The van der Waals surface area contributed by atoms with Gasteiger partial charge in [-0.1, -0.05) is 38.1 Å². The summed E-state index contributed by atoms with van der Waals surface area (Å²) >= 11 is 0. The van der Waals surface area contributed by atoms with Crippen LogP contribution in [-0.2, 0) is 0 Å². The number of hydrogen-bond acceptors (Lipinski definition) is 2. The lowest BCUT2D eigenvalue weighted by Crippen LogP contribution is -2.37. The third-order valence-corrected chi connectivity index (χ3v) is 4.55. The normalized spacial score (nSPS) is 19.8. The molecule has 1 heterocycles. The number of hydrogen-bond donors (Lipinski definition) is 1. The minimum atomic E-state index is -0.350. The molecule has 2 rings (SSSR count). The number of benzene rings is 1. The van der Waals surface area contributed by atoms with Crippen LogP contribution in [0.3, 0.4) is 0 Å². The molecule has 2 heteroatoms. The number of aliphatic hydroxyl groups excluding tert-OH is 1. The number of likely N-dealkylation sites (tertiary alicyclic amines) is 1. The molecule has 1 aromatic rings. The summed E-state index contributed by atoms with van der Waals surface area (Å²) in [6, 6.07) is 8.15. The summed E-state index contributed by atoms with van der Waals surface area (Å²) in [5.41, 5.74) is 2.26. The van der Waals surface area contributed by atoms with Crippen molar-refractivity contribution < 1.29 is 5.11 Å². The zero-order chi connectivity index (χ0) is 13.8. The predicted octanol–water partition coefficient (Wildman–Crippen LogP) is 3.40. The number of piperidine rings is 1. The van der Waals surface area contributed by atoms with E-state index in [1.165, 1.54) is 18.4 Å². The maximum absolute atomic E-state index is 10.4. The molecule has 1 atom stereocenters. The summed E-state index contributed by atoms with van der Waals surface area (Å²) in [6.07, 6.45) is 2.20. The predicted molar refractivity (Wildman–Crippen MR) is 80.1 cm³/mol. The lowest BCUT2D eigenvalue weighted by Gasteiger charge is -2.35. The maximum atomic E-state index is 10.4. The molecule has 0 aliphatic carbocycles. The summed E-state index contributed by atoms with van der Waals surface area (Å²) in [5, 5.41) is 10.4. The molecule has 0 radical (unpaired) electrons. The van der Waals surface area contributed by atoms with Crippen LogP contribution in [-0.4, -0.2) is 29.6 Å². The van der Waals surface area contributed by atoms with Crippen molar-refractivity contribution in [2.24, 2.45) is 11.8 Å². The smallest absolute Gasteiger partial charge is 0.0919 e. The second-order valence-corrected chi connectivity index (χ2v) is 6.25. The molecular formula is C17H27NO. The number of aliphatic hydroxyl groups is 1. The zero-order valence-corrected chi connectivity index (χ0v) is 12.5. The van der Waals surface area contributed by atoms with E-state index in [1.807, 2.05) is 18.2 Å². The van der Waals surface area contributed by atoms with Gasteiger partial charge >= 0.3 is 0 Å². The van der Waals surface area contributed by atoms with Gasteiger partial charge in [0.1, 0.15) is 0 Å². The van der Waals surface area contributed by atoms with Crippen molar-refractivity contribution in [2.75, 3.05) is 19.6 Å². The molecule has 106 valence electrons. The molecular weight excluding hydrogens is 234 g/mol. The molecule has 1 aliphatic heterocycles. The molecule has 0 saturated carbocycles. The van der Waals surface area contributed by atoms with Crippen LogP contribution in [0, 0.1) is 18.8 Å². The molecule has 1 saturated heterocycles. The monoisotopic (exact) mass is 261 g/mol. The topological polar surface area (TPSA) is 23.5 Å². The molecule has 0 spiro atoms. The first kappa shape index (κ1) is 14.5. The van der Waals surface area contributed by atoms with Crippen molar-refractivity contribution in [3.63, 3.8) is 0 Å². The summed E-state index contributed by atoms with van der Waals surface area (Å²) in [6.45, 7) is 9.75. The van der Waals surface area contributed by atoms with Gasteiger partial charge in [0.05, 0.1) is 6.10 Å². The van der Waals surface area contributed by atoms with Crippen LogP contribution in [0.1, 0.15) is 43.9 Å². The number of β-amino-alcohol motifs (C(OH)–C–C–N with tert-alkyl or cyclic N) is 1. The Labute approximate surface area is 117 Å². The number of rotatable bonds is 4. The second-order valence-electron chi connectivity index (χ2n) is 6.25. The Kier molecular flexibility index (Phi) is 5.00. The van der Waals surface area contributed by atoms with E-state index in [0.29, 0.717) is 0 Å². The molecule has 1 aliphatic rings. The average molecular weight is 261 g/mol. The first-order chi connectivity index (χ1) is 9.08. The van der Waals surface area contributed by atoms with E-state index in [9.17, 15) is 5.11 Å². The quantitative estimate of drug-likeness (QED) is 0.898. The first-order valence-electron chi connectivity index (χ1n) is 7.54. The highest BCUT2D eigenvalue weighted by molar-refractivity contribution is 5.27. The molecule has 1 aromatic carbocycles. The van der Waals surface area contributed by atoms with Crippen LogP contribution < -0.4 is 0 Å². The Morgan fingerprint density at radius 1 is 1.21 bits per heavy atom. The second kappa shape index (κ2) is 6.53. The van der Waals surface area contributed by atoms with E-state index >= 15 is 0 Å². The van der Waals surface area contributed by atoms with Gasteiger partial charge in [0.25, 0.3) is 0 Å². The Balaban J connectivity index is 1.87. The highest BCUT2D eigenvalue weighted by Gasteiger charge is 2.23. The van der Waals surface area contributed by atoms with Crippen LogP contribution >= 0.6 is 0 Å². The molecule has 2 nitrogen and oxygen atoms in total. The Morgan fingerprint density at radius 3 is 2.42 bits per heavy atom. The molecule has 0 amide bonds. The van der Waals surface area contributed by atoms with Crippen molar-refractivity contribution in [3.8, 4) is 0 Å². The van der Waals surface area contributed by atoms with Crippen molar-refractivity contribution >= 4 is 0 Å². The number of aryl methyl sites for hydroxylation is 1. The average Bonchev–Trinajstić information content (AvgIpc) is 2.39. The minimum Gasteiger partial charge on any atom is -0.387 e. The van der Waals surface area contributed by atoms with Crippen LogP contribution in [0.25, 0.3) is 0 Å². The van der Waals surface area contributed by atoms with Crippen LogP contribution in [0.15, 0.2) is 24.3 Å². The number of nitrogens with zero attached hydrogens (tertiary/aromatic N) is 1. The Hall–Kier alpha value is -0.860. The Morgan fingerprint density at radius 2 is 1.84 bits per heavy atom. The van der Waals surface area contributed by atoms with Crippen molar-refractivity contribution in [3.05, 3.63) is 35.4 Å². The fraction of sp³-hybridized carbons (Fsp3) is 0.647. The van der Waals surface area contributed by atoms with Gasteiger partial charge in [0.15, 0.2) is 0 Å². The molecule has 1 fully saturated rings. The lowest BCUT2D eigenvalue weighted by atomic mass is 9.86. The van der Waals surface area contributed by atoms with Gasteiger partial charge in [-0.15, -0.1) is 0 Å².